The number of hydrogen-bond donors (Lipinski definition) is 1. The van der Waals surface area contributed by atoms with E-state index in [4.69, 9.17) is 5.73 Å². The predicted molar refractivity (Wildman–Crippen MR) is 60.3 cm³/mol. The van der Waals surface area contributed by atoms with E-state index >= 15 is 0 Å². The summed E-state index contributed by atoms with van der Waals surface area (Å²) in [5, 5.41) is 3.66. The van der Waals surface area contributed by atoms with Crippen LogP contribution in [-0.2, 0) is 16.4 Å². The van der Waals surface area contributed by atoms with Crippen molar-refractivity contribution in [1.29, 1.82) is 0 Å². The molecule has 1 aromatic rings. The summed E-state index contributed by atoms with van der Waals surface area (Å²) in [6.07, 6.45) is 1.54. The molecule has 0 saturated carbocycles. The number of aryl methyl sites for hydroxylation is 1. The lowest BCUT2D eigenvalue weighted by Crippen LogP contribution is -2.22. The second kappa shape index (κ2) is 4.22. The molecule has 0 aromatic carbocycles. The molecule has 1 aromatic heterocycles. The van der Waals surface area contributed by atoms with Crippen LogP contribution in [-0.4, -0.2) is 29.2 Å². The van der Waals surface area contributed by atoms with Crippen LogP contribution < -0.4 is 5.73 Å². The highest BCUT2D eigenvalue weighted by Gasteiger charge is 2.16. The Balaban J connectivity index is 2.70. The number of sulfone groups is 1. The third-order valence-electron chi connectivity index (χ3n) is 2.45. The van der Waals surface area contributed by atoms with Gasteiger partial charge in [-0.2, -0.15) is 5.10 Å². The Morgan fingerprint density at radius 1 is 1.53 bits per heavy atom. The normalized spacial score (nSPS) is 12.3. The van der Waals surface area contributed by atoms with Gasteiger partial charge >= 0.3 is 0 Å². The average Bonchev–Trinajstić information content (AvgIpc) is 2.45. The molecule has 1 rings (SSSR count). The van der Waals surface area contributed by atoms with E-state index in [1.54, 1.807) is 18.5 Å². The van der Waals surface area contributed by atoms with Crippen LogP contribution in [0.1, 0.15) is 19.5 Å². The van der Waals surface area contributed by atoms with Crippen LogP contribution in [0, 0.1) is 6.92 Å². The monoisotopic (exact) mass is 231 g/mol. The van der Waals surface area contributed by atoms with Crippen molar-refractivity contribution in [2.75, 3.05) is 11.5 Å². The van der Waals surface area contributed by atoms with Gasteiger partial charge in [0.1, 0.15) is 0 Å². The van der Waals surface area contributed by atoms with E-state index < -0.39 is 9.84 Å². The maximum absolute atomic E-state index is 11.5. The van der Waals surface area contributed by atoms with Gasteiger partial charge in [0.25, 0.3) is 0 Å². The minimum absolute atomic E-state index is 0.104. The molecule has 0 aliphatic carbocycles. The average molecular weight is 231 g/mol. The topological polar surface area (TPSA) is 78.0 Å². The van der Waals surface area contributed by atoms with Crippen LogP contribution in [0.2, 0.25) is 0 Å². The highest BCUT2D eigenvalue weighted by Crippen LogP contribution is 2.09. The molecule has 1 heterocycles. The Morgan fingerprint density at radius 2 is 2.13 bits per heavy atom. The van der Waals surface area contributed by atoms with E-state index in [2.05, 4.69) is 5.10 Å². The standard InChI is InChI=1S/C9H17N3O2S/c1-7(2)15(13,14)5-4-12-8(3)9(10)6-11-12/h6-7H,4-5,10H2,1-3H3. The number of anilines is 1. The van der Waals surface area contributed by atoms with Crippen molar-refractivity contribution in [3.05, 3.63) is 11.9 Å². The minimum Gasteiger partial charge on any atom is -0.396 e. The van der Waals surface area contributed by atoms with Crippen molar-refractivity contribution in [2.45, 2.75) is 32.6 Å². The molecule has 0 radical (unpaired) electrons. The fourth-order valence-electron chi connectivity index (χ4n) is 1.14. The first-order valence-electron chi connectivity index (χ1n) is 4.84. The first-order valence-corrected chi connectivity index (χ1v) is 6.55. The third-order valence-corrected chi connectivity index (χ3v) is 4.64. The van der Waals surface area contributed by atoms with Gasteiger partial charge in [-0.15, -0.1) is 0 Å². The van der Waals surface area contributed by atoms with Gasteiger partial charge in [-0.25, -0.2) is 8.42 Å². The Morgan fingerprint density at radius 3 is 2.53 bits per heavy atom. The Bertz CT molecular complexity index is 434. The molecule has 0 spiro atoms. The molecule has 0 saturated heterocycles. The summed E-state index contributed by atoms with van der Waals surface area (Å²) in [6.45, 7) is 5.55. The predicted octanol–water partition coefficient (Wildman–Crippen LogP) is 0.597. The smallest absolute Gasteiger partial charge is 0.154 e. The lowest BCUT2D eigenvalue weighted by Gasteiger charge is -2.08. The summed E-state index contributed by atoms with van der Waals surface area (Å²) in [7, 11) is -3.01. The minimum atomic E-state index is -3.01. The van der Waals surface area contributed by atoms with E-state index in [9.17, 15) is 8.42 Å². The van der Waals surface area contributed by atoms with Crippen LogP contribution in [0.4, 0.5) is 5.69 Å². The van der Waals surface area contributed by atoms with Gasteiger partial charge in [-0.1, -0.05) is 0 Å². The molecular formula is C9H17N3O2S. The summed E-state index contributed by atoms with van der Waals surface area (Å²) in [4.78, 5) is 0. The van der Waals surface area contributed by atoms with Gasteiger partial charge in [-0.3, -0.25) is 4.68 Å². The van der Waals surface area contributed by atoms with Crippen molar-refractivity contribution in [3.8, 4) is 0 Å². The summed E-state index contributed by atoms with van der Waals surface area (Å²) in [5.74, 6) is 0.104. The SMILES string of the molecule is Cc1c(N)cnn1CCS(=O)(=O)C(C)C. The maximum atomic E-state index is 11.5. The number of nitrogens with zero attached hydrogens (tertiary/aromatic N) is 2. The third kappa shape index (κ3) is 2.71. The zero-order valence-electron chi connectivity index (χ0n) is 9.27. The van der Waals surface area contributed by atoms with Crippen molar-refractivity contribution >= 4 is 15.5 Å². The zero-order chi connectivity index (χ0) is 11.6. The number of rotatable bonds is 4. The lowest BCUT2D eigenvalue weighted by molar-refractivity contribution is 0.570. The largest absolute Gasteiger partial charge is 0.396 e. The molecule has 6 heteroatoms. The molecule has 0 aliphatic heterocycles. The molecule has 0 fully saturated rings. The maximum Gasteiger partial charge on any atom is 0.154 e. The Hall–Kier alpha value is -1.04. The quantitative estimate of drug-likeness (QED) is 0.823. The van der Waals surface area contributed by atoms with Crippen LogP contribution in [0.5, 0.6) is 0 Å². The molecule has 0 bridgehead atoms. The van der Waals surface area contributed by atoms with E-state index in [0.29, 0.717) is 12.2 Å². The fourth-order valence-corrected chi connectivity index (χ4v) is 2.03. The van der Waals surface area contributed by atoms with E-state index in [0.717, 1.165) is 5.69 Å². The molecule has 0 atom stereocenters. The van der Waals surface area contributed by atoms with Crippen molar-refractivity contribution in [3.63, 3.8) is 0 Å². The molecule has 0 unspecified atom stereocenters. The highest BCUT2D eigenvalue weighted by atomic mass is 32.2. The van der Waals surface area contributed by atoms with Gasteiger partial charge in [0.2, 0.25) is 0 Å². The summed E-state index contributed by atoms with van der Waals surface area (Å²) < 4.78 is 24.7. The molecule has 5 nitrogen and oxygen atoms in total. The van der Waals surface area contributed by atoms with E-state index in [1.807, 2.05) is 6.92 Å². The van der Waals surface area contributed by atoms with Crippen molar-refractivity contribution in [1.82, 2.24) is 9.78 Å². The van der Waals surface area contributed by atoms with Crippen LogP contribution in [0.15, 0.2) is 6.20 Å². The molecular weight excluding hydrogens is 214 g/mol. The second-order valence-electron chi connectivity index (χ2n) is 3.82. The van der Waals surface area contributed by atoms with Gasteiger partial charge in [-0.05, 0) is 20.8 Å². The summed E-state index contributed by atoms with van der Waals surface area (Å²) in [5.41, 5.74) is 7.02. The molecule has 86 valence electrons. The number of nitrogens with two attached hydrogens (primary N) is 1. The lowest BCUT2D eigenvalue weighted by atomic mass is 10.4. The van der Waals surface area contributed by atoms with Gasteiger partial charge in [0.15, 0.2) is 9.84 Å². The first-order chi connectivity index (χ1) is 6.84. The fraction of sp³-hybridized carbons (Fsp3) is 0.667. The van der Waals surface area contributed by atoms with Crippen LogP contribution in [0.25, 0.3) is 0 Å². The van der Waals surface area contributed by atoms with Crippen LogP contribution in [0.3, 0.4) is 0 Å². The van der Waals surface area contributed by atoms with Crippen molar-refractivity contribution < 1.29 is 8.42 Å². The second-order valence-corrected chi connectivity index (χ2v) is 6.50. The number of aromatic nitrogens is 2. The summed E-state index contributed by atoms with van der Waals surface area (Å²) in [6, 6.07) is 0. The summed E-state index contributed by atoms with van der Waals surface area (Å²) >= 11 is 0. The molecule has 0 aliphatic rings. The van der Waals surface area contributed by atoms with E-state index in [-0.39, 0.29) is 11.0 Å². The van der Waals surface area contributed by atoms with Gasteiger partial charge < -0.3 is 5.73 Å². The van der Waals surface area contributed by atoms with Gasteiger partial charge in [0, 0.05) is 0 Å². The number of hydrogen-bond acceptors (Lipinski definition) is 4. The van der Waals surface area contributed by atoms with Crippen molar-refractivity contribution in [2.24, 2.45) is 0 Å². The van der Waals surface area contributed by atoms with E-state index in [1.165, 1.54) is 6.20 Å². The zero-order valence-corrected chi connectivity index (χ0v) is 10.1. The Labute approximate surface area is 90.2 Å². The molecule has 2 N–H and O–H groups in total. The highest BCUT2D eigenvalue weighted by molar-refractivity contribution is 7.91. The number of nitrogen functional groups attached to an aromatic ring is 1. The molecule has 0 amide bonds. The van der Waals surface area contributed by atoms with Gasteiger partial charge in [0.05, 0.1) is 35.1 Å². The Kier molecular flexibility index (Phi) is 3.38. The molecule has 15 heavy (non-hydrogen) atoms. The first kappa shape index (κ1) is 12.0. The van der Waals surface area contributed by atoms with Crippen LogP contribution >= 0.6 is 0 Å².